The second kappa shape index (κ2) is 3.81. The average molecular weight is 294 g/mol. The highest BCUT2D eigenvalue weighted by Gasteiger charge is 2.08. The largest absolute Gasteiger partial charge is 0.143 e. The van der Waals surface area contributed by atoms with Gasteiger partial charge in [0.05, 0.1) is 0 Å². The van der Waals surface area contributed by atoms with Gasteiger partial charge >= 0.3 is 0 Å². The fourth-order valence-electron chi connectivity index (χ4n) is 1.26. The van der Waals surface area contributed by atoms with E-state index in [1.54, 1.807) is 11.3 Å². The molecule has 0 atom stereocenters. The molecule has 0 aliphatic heterocycles. The molecule has 4 heteroatoms. The molecule has 13 heavy (non-hydrogen) atoms. The molecule has 0 saturated carbocycles. The molecule has 0 nitrogen and oxygen atoms in total. The lowest BCUT2D eigenvalue weighted by molar-refractivity contribution is 1.45. The zero-order chi connectivity index (χ0) is 9.42. The summed E-state index contributed by atoms with van der Waals surface area (Å²) in [6.45, 7) is 0. The van der Waals surface area contributed by atoms with Crippen LogP contribution in [-0.4, -0.2) is 0 Å². The molecular weight excluding hydrogens is 288 g/mol. The SMILES string of the molecule is Sc1ccc(Br)c2scc(CCl)c12. The van der Waals surface area contributed by atoms with E-state index in [-0.39, 0.29) is 0 Å². The molecule has 1 aromatic heterocycles. The molecule has 0 fully saturated rings. The van der Waals surface area contributed by atoms with Crippen LogP contribution in [-0.2, 0) is 5.88 Å². The van der Waals surface area contributed by atoms with Gasteiger partial charge in [0.1, 0.15) is 0 Å². The summed E-state index contributed by atoms with van der Waals surface area (Å²) in [6, 6.07) is 4.00. The molecule has 0 aliphatic carbocycles. The van der Waals surface area contributed by atoms with Crippen LogP contribution in [0, 0.1) is 0 Å². The molecule has 0 spiro atoms. The molecule has 0 radical (unpaired) electrons. The molecule has 2 aromatic rings. The molecule has 68 valence electrons. The smallest absolute Gasteiger partial charge is 0.0499 e. The Hall–Kier alpha value is 0.300. The molecule has 0 unspecified atom stereocenters. The van der Waals surface area contributed by atoms with Gasteiger partial charge in [-0.3, -0.25) is 0 Å². The van der Waals surface area contributed by atoms with Crippen molar-refractivity contribution in [3.8, 4) is 0 Å². The van der Waals surface area contributed by atoms with Gasteiger partial charge in [0, 0.05) is 25.3 Å². The molecular formula is C9H6BrClS2. The van der Waals surface area contributed by atoms with E-state index in [1.165, 1.54) is 10.1 Å². The second-order valence-corrected chi connectivity index (χ2v) is 5.15. The molecule has 1 aromatic carbocycles. The maximum atomic E-state index is 5.83. The minimum absolute atomic E-state index is 0.546. The molecule has 0 N–H and O–H groups in total. The van der Waals surface area contributed by atoms with Gasteiger partial charge in [-0.2, -0.15) is 0 Å². The predicted molar refractivity (Wildman–Crippen MR) is 66.3 cm³/mol. The molecule has 0 amide bonds. The van der Waals surface area contributed by atoms with Gasteiger partial charge in [-0.05, 0) is 39.0 Å². The third-order valence-corrected chi connectivity index (χ3v) is 4.52. The molecule has 2 rings (SSSR count). The minimum Gasteiger partial charge on any atom is -0.143 e. The van der Waals surface area contributed by atoms with Gasteiger partial charge in [0.15, 0.2) is 0 Å². The first kappa shape index (κ1) is 9.84. The normalized spacial score (nSPS) is 11.0. The van der Waals surface area contributed by atoms with Crippen LogP contribution < -0.4 is 0 Å². The summed E-state index contributed by atoms with van der Waals surface area (Å²) in [7, 11) is 0. The van der Waals surface area contributed by atoms with Crippen molar-refractivity contribution >= 4 is 61.6 Å². The van der Waals surface area contributed by atoms with Crippen LogP contribution in [0.3, 0.4) is 0 Å². The first-order valence-electron chi connectivity index (χ1n) is 3.67. The van der Waals surface area contributed by atoms with Gasteiger partial charge in [0.25, 0.3) is 0 Å². The van der Waals surface area contributed by atoms with Crippen molar-refractivity contribution < 1.29 is 0 Å². The molecule has 0 bridgehead atoms. The zero-order valence-electron chi connectivity index (χ0n) is 6.55. The van der Waals surface area contributed by atoms with E-state index in [0.29, 0.717) is 5.88 Å². The highest BCUT2D eigenvalue weighted by molar-refractivity contribution is 9.10. The fraction of sp³-hybridized carbons (Fsp3) is 0.111. The van der Waals surface area contributed by atoms with Crippen molar-refractivity contribution in [3.05, 3.63) is 27.5 Å². The third-order valence-electron chi connectivity index (χ3n) is 1.87. The number of hydrogen-bond acceptors (Lipinski definition) is 2. The molecule has 1 heterocycles. The minimum atomic E-state index is 0.546. The predicted octanol–water partition coefficient (Wildman–Crippen LogP) is 4.69. The number of hydrogen-bond donors (Lipinski definition) is 1. The first-order valence-corrected chi connectivity index (χ1v) is 6.33. The summed E-state index contributed by atoms with van der Waals surface area (Å²) < 4.78 is 2.34. The standard InChI is InChI=1S/C9H6BrClS2/c10-6-1-2-7(12)8-5(3-11)4-13-9(6)8/h1-2,4,12H,3H2. The quantitative estimate of drug-likeness (QED) is 0.572. The average Bonchev–Trinajstić information content (AvgIpc) is 2.56. The van der Waals surface area contributed by atoms with E-state index in [4.69, 9.17) is 11.6 Å². The van der Waals surface area contributed by atoms with Crippen LogP contribution >= 0.6 is 51.5 Å². The van der Waals surface area contributed by atoms with Crippen LogP contribution in [0.5, 0.6) is 0 Å². The summed E-state index contributed by atoms with van der Waals surface area (Å²) in [5, 5.41) is 3.26. The Balaban J connectivity index is 2.87. The van der Waals surface area contributed by atoms with Gasteiger partial charge in [-0.25, -0.2) is 0 Å². The van der Waals surface area contributed by atoms with Crippen LogP contribution in [0.15, 0.2) is 26.9 Å². The Morgan fingerprint density at radius 2 is 2.23 bits per heavy atom. The van der Waals surface area contributed by atoms with Gasteiger partial charge in [-0.1, -0.05) is 0 Å². The fourth-order valence-corrected chi connectivity index (χ4v) is 3.58. The lowest BCUT2D eigenvalue weighted by atomic mass is 10.2. The molecule has 0 saturated heterocycles. The van der Waals surface area contributed by atoms with Crippen LogP contribution in [0.4, 0.5) is 0 Å². The summed E-state index contributed by atoms with van der Waals surface area (Å²) in [6.07, 6.45) is 0. The number of alkyl halides is 1. The lowest BCUT2D eigenvalue weighted by Gasteiger charge is -1.99. The Morgan fingerprint density at radius 1 is 1.46 bits per heavy atom. The molecule has 0 aliphatic rings. The number of thiol groups is 1. The van der Waals surface area contributed by atoms with E-state index in [2.05, 4.69) is 33.9 Å². The van der Waals surface area contributed by atoms with E-state index >= 15 is 0 Å². The summed E-state index contributed by atoms with van der Waals surface area (Å²) >= 11 is 15.4. The lowest BCUT2D eigenvalue weighted by Crippen LogP contribution is -1.76. The number of fused-ring (bicyclic) bond motifs is 1. The Bertz CT molecular complexity index is 450. The zero-order valence-corrected chi connectivity index (χ0v) is 10.6. The van der Waals surface area contributed by atoms with E-state index in [9.17, 15) is 0 Å². The number of rotatable bonds is 1. The summed E-state index contributed by atoms with van der Waals surface area (Å²) in [5.74, 6) is 0.546. The van der Waals surface area contributed by atoms with Gasteiger partial charge in [0.2, 0.25) is 0 Å². The van der Waals surface area contributed by atoms with E-state index in [1.807, 2.05) is 12.1 Å². The van der Waals surface area contributed by atoms with Crippen molar-refractivity contribution in [2.45, 2.75) is 10.8 Å². The maximum Gasteiger partial charge on any atom is 0.0499 e. The highest BCUT2D eigenvalue weighted by atomic mass is 79.9. The number of halogens is 2. The third kappa shape index (κ3) is 1.63. The van der Waals surface area contributed by atoms with Gasteiger partial charge < -0.3 is 0 Å². The monoisotopic (exact) mass is 292 g/mol. The first-order chi connectivity index (χ1) is 6.24. The van der Waals surface area contributed by atoms with Crippen LogP contribution in [0.2, 0.25) is 0 Å². The Kier molecular flexibility index (Phi) is 2.88. The van der Waals surface area contributed by atoms with E-state index in [0.717, 1.165) is 14.9 Å². The van der Waals surface area contributed by atoms with E-state index < -0.39 is 0 Å². The maximum absolute atomic E-state index is 5.83. The van der Waals surface area contributed by atoms with Crippen LogP contribution in [0.25, 0.3) is 10.1 Å². The Morgan fingerprint density at radius 3 is 2.92 bits per heavy atom. The van der Waals surface area contributed by atoms with Crippen LogP contribution in [0.1, 0.15) is 5.56 Å². The highest BCUT2D eigenvalue weighted by Crippen LogP contribution is 2.36. The summed E-state index contributed by atoms with van der Waals surface area (Å²) in [5.41, 5.74) is 1.16. The number of benzene rings is 1. The number of thiophene rings is 1. The van der Waals surface area contributed by atoms with Crippen molar-refractivity contribution in [1.82, 2.24) is 0 Å². The summed E-state index contributed by atoms with van der Waals surface area (Å²) in [4.78, 5) is 0.995. The van der Waals surface area contributed by atoms with Crippen molar-refractivity contribution in [3.63, 3.8) is 0 Å². The van der Waals surface area contributed by atoms with Crippen molar-refractivity contribution in [2.75, 3.05) is 0 Å². The second-order valence-electron chi connectivity index (χ2n) is 2.67. The Labute approximate surface area is 99.4 Å². The topological polar surface area (TPSA) is 0 Å². The van der Waals surface area contributed by atoms with Crippen molar-refractivity contribution in [1.29, 1.82) is 0 Å². The van der Waals surface area contributed by atoms with Crippen molar-refractivity contribution in [2.24, 2.45) is 0 Å². The van der Waals surface area contributed by atoms with Gasteiger partial charge in [-0.15, -0.1) is 35.6 Å².